The third kappa shape index (κ3) is 3.50. The van der Waals surface area contributed by atoms with Crippen molar-refractivity contribution in [3.8, 4) is 0 Å². The first-order valence-corrected chi connectivity index (χ1v) is 8.47. The minimum Gasteiger partial charge on any atom is -0.316 e. The van der Waals surface area contributed by atoms with Gasteiger partial charge in [0.05, 0.1) is 0 Å². The van der Waals surface area contributed by atoms with Crippen molar-refractivity contribution in [2.45, 2.75) is 78.1 Å². The number of hydrogen-bond donors (Lipinski definition) is 1. The van der Waals surface area contributed by atoms with Crippen LogP contribution in [0.5, 0.6) is 0 Å². The van der Waals surface area contributed by atoms with Gasteiger partial charge in [-0.25, -0.2) is 0 Å². The summed E-state index contributed by atoms with van der Waals surface area (Å²) in [5, 5.41) is 3.67. The Balaban J connectivity index is 1.88. The van der Waals surface area contributed by atoms with Crippen molar-refractivity contribution in [1.29, 1.82) is 0 Å². The number of unbranched alkanes of at least 4 members (excludes halogenated alkanes) is 3. The summed E-state index contributed by atoms with van der Waals surface area (Å²) >= 11 is 0. The lowest BCUT2D eigenvalue weighted by Gasteiger charge is -2.45. The second-order valence-corrected chi connectivity index (χ2v) is 7.07. The van der Waals surface area contributed by atoms with E-state index in [0.29, 0.717) is 5.41 Å². The Morgan fingerprint density at radius 2 is 1.89 bits per heavy atom. The third-order valence-corrected chi connectivity index (χ3v) is 5.70. The van der Waals surface area contributed by atoms with Gasteiger partial charge in [-0.1, -0.05) is 65.2 Å². The first-order chi connectivity index (χ1) is 8.76. The minimum absolute atomic E-state index is 0.647. The van der Waals surface area contributed by atoms with E-state index in [9.17, 15) is 0 Å². The Morgan fingerprint density at radius 1 is 1.11 bits per heavy atom. The molecule has 0 spiro atoms. The molecule has 18 heavy (non-hydrogen) atoms. The van der Waals surface area contributed by atoms with E-state index in [2.05, 4.69) is 19.2 Å². The lowest BCUT2D eigenvalue weighted by molar-refractivity contribution is 0.0665. The van der Waals surface area contributed by atoms with Gasteiger partial charge in [-0.05, 0) is 43.2 Å². The van der Waals surface area contributed by atoms with E-state index in [1.54, 1.807) is 0 Å². The molecule has 106 valence electrons. The highest BCUT2D eigenvalue weighted by molar-refractivity contribution is 4.93. The first-order valence-electron chi connectivity index (χ1n) is 8.47. The Bertz CT molecular complexity index is 232. The van der Waals surface area contributed by atoms with Crippen molar-refractivity contribution in [3.05, 3.63) is 0 Å². The SMILES string of the molecule is CCCCCCC1(C)CCNCC1C1CCCC1. The predicted molar refractivity (Wildman–Crippen MR) is 79.8 cm³/mol. The van der Waals surface area contributed by atoms with Gasteiger partial charge in [0, 0.05) is 0 Å². The molecule has 1 heterocycles. The summed E-state index contributed by atoms with van der Waals surface area (Å²) in [6, 6.07) is 0. The molecule has 0 amide bonds. The average molecular weight is 251 g/mol. The molecule has 0 aromatic rings. The van der Waals surface area contributed by atoms with E-state index in [4.69, 9.17) is 0 Å². The lowest BCUT2D eigenvalue weighted by atomic mass is 9.64. The van der Waals surface area contributed by atoms with Gasteiger partial charge < -0.3 is 5.32 Å². The van der Waals surface area contributed by atoms with Crippen molar-refractivity contribution in [2.24, 2.45) is 17.3 Å². The molecule has 2 rings (SSSR count). The fraction of sp³-hybridized carbons (Fsp3) is 1.00. The molecule has 2 aliphatic rings. The van der Waals surface area contributed by atoms with E-state index in [0.717, 1.165) is 11.8 Å². The van der Waals surface area contributed by atoms with Crippen LogP contribution in [0.4, 0.5) is 0 Å². The largest absolute Gasteiger partial charge is 0.316 e. The van der Waals surface area contributed by atoms with Crippen LogP contribution in [0.3, 0.4) is 0 Å². The normalized spacial score (nSPS) is 34.0. The number of hydrogen-bond acceptors (Lipinski definition) is 1. The van der Waals surface area contributed by atoms with Crippen LogP contribution in [0, 0.1) is 17.3 Å². The molecule has 0 aromatic heterocycles. The predicted octanol–water partition coefficient (Wildman–Crippen LogP) is 4.76. The summed E-state index contributed by atoms with van der Waals surface area (Å²) in [7, 11) is 0. The number of rotatable bonds is 6. The van der Waals surface area contributed by atoms with Crippen LogP contribution in [-0.4, -0.2) is 13.1 Å². The molecular formula is C17H33N. The van der Waals surface area contributed by atoms with Gasteiger partial charge in [0.2, 0.25) is 0 Å². The molecule has 1 N–H and O–H groups in total. The summed E-state index contributed by atoms with van der Waals surface area (Å²) in [6.07, 6.45) is 14.6. The summed E-state index contributed by atoms with van der Waals surface area (Å²) in [5.74, 6) is 2.00. The van der Waals surface area contributed by atoms with Crippen LogP contribution in [0.25, 0.3) is 0 Å². The second kappa shape index (κ2) is 6.93. The molecule has 0 aromatic carbocycles. The van der Waals surface area contributed by atoms with Crippen LogP contribution in [0.2, 0.25) is 0 Å². The van der Waals surface area contributed by atoms with E-state index in [-0.39, 0.29) is 0 Å². The molecule has 2 fully saturated rings. The molecule has 1 aliphatic heterocycles. The van der Waals surface area contributed by atoms with Crippen LogP contribution in [0.1, 0.15) is 78.1 Å². The topological polar surface area (TPSA) is 12.0 Å². The molecule has 1 heteroatoms. The van der Waals surface area contributed by atoms with Crippen molar-refractivity contribution >= 4 is 0 Å². The number of nitrogens with one attached hydrogen (secondary N) is 1. The summed E-state index contributed by atoms with van der Waals surface area (Å²) in [4.78, 5) is 0. The molecule has 2 atom stereocenters. The maximum absolute atomic E-state index is 3.67. The summed E-state index contributed by atoms with van der Waals surface area (Å²) < 4.78 is 0. The van der Waals surface area contributed by atoms with E-state index < -0.39 is 0 Å². The minimum atomic E-state index is 0.647. The van der Waals surface area contributed by atoms with Gasteiger partial charge in [0.15, 0.2) is 0 Å². The monoisotopic (exact) mass is 251 g/mol. The zero-order chi connectivity index (χ0) is 12.8. The third-order valence-electron chi connectivity index (χ3n) is 5.70. The van der Waals surface area contributed by atoms with Crippen molar-refractivity contribution in [1.82, 2.24) is 5.32 Å². The van der Waals surface area contributed by atoms with E-state index in [1.807, 2.05) is 0 Å². The highest BCUT2D eigenvalue weighted by Gasteiger charge is 2.40. The highest BCUT2D eigenvalue weighted by Crippen LogP contribution is 2.47. The molecule has 0 radical (unpaired) electrons. The Kier molecular flexibility index (Phi) is 5.54. The molecule has 1 nitrogen and oxygen atoms in total. The maximum Gasteiger partial charge on any atom is -0.00126 e. The highest BCUT2D eigenvalue weighted by atomic mass is 14.9. The molecular weight excluding hydrogens is 218 g/mol. The smallest absolute Gasteiger partial charge is 0.00126 e. The van der Waals surface area contributed by atoms with E-state index >= 15 is 0 Å². The molecule has 1 saturated heterocycles. The van der Waals surface area contributed by atoms with Crippen molar-refractivity contribution in [3.63, 3.8) is 0 Å². The quantitative estimate of drug-likeness (QED) is 0.671. The lowest BCUT2D eigenvalue weighted by Crippen LogP contribution is -2.46. The van der Waals surface area contributed by atoms with Gasteiger partial charge >= 0.3 is 0 Å². The zero-order valence-corrected chi connectivity index (χ0v) is 12.6. The average Bonchev–Trinajstić information content (AvgIpc) is 2.89. The van der Waals surface area contributed by atoms with Crippen molar-refractivity contribution in [2.75, 3.05) is 13.1 Å². The Morgan fingerprint density at radius 3 is 2.61 bits per heavy atom. The second-order valence-electron chi connectivity index (χ2n) is 7.07. The van der Waals surface area contributed by atoms with Crippen LogP contribution in [0.15, 0.2) is 0 Å². The number of piperidine rings is 1. The van der Waals surface area contributed by atoms with Crippen LogP contribution in [-0.2, 0) is 0 Å². The van der Waals surface area contributed by atoms with Crippen LogP contribution >= 0.6 is 0 Å². The standard InChI is InChI=1S/C17H33N/c1-3-4-5-8-11-17(2)12-13-18-14-16(17)15-9-6-7-10-15/h15-16,18H,3-14H2,1-2H3. The fourth-order valence-electron chi connectivity index (χ4n) is 4.42. The van der Waals surface area contributed by atoms with Gasteiger partial charge in [-0.3, -0.25) is 0 Å². The molecule has 0 bridgehead atoms. The Labute approximate surface area is 114 Å². The van der Waals surface area contributed by atoms with Gasteiger partial charge in [0.25, 0.3) is 0 Å². The van der Waals surface area contributed by atoms with Gasteiger partial charge in [0.1, 0.15) is 0 Å². The molecule has 1 aliphatic carbocycles. The van der Waals surface area contributed by atoms with Gasteiger partial charge in [-0.2, -0.15) is 0 Å². The van der Waals surface area contributed by atoms with E-state index in [1.165, 1.54) is 77.3 Å². The summed E-state index contributed by atoms with van der Waals surface area (Å²) in [6.45, 7) is 7.47. The van der Waals surface area contributed by atoms with Gasteiger partial charge in [-0.15, -0.1) is 0 Å². The maximum atomic E-state index is 3.67. The van der Waals surface area contributed by atoms with Crippen molar-refractivity contribution < 1.29 is 0 Å². The molecule has 1 saturated carbocycles. The zero-order valence-electron chi connectivity index (χ0n) is 12.6. The fourth-order valence-corrected chi connectivity index (χ4v) is 4.42. The first kappa shape index (κ1) is 14.4. The summed E-state index contributed by atoms with van der Waals surface area (Å²) in [5.41, 5.74) is 0.647. The molecule has 2 unspecified atom stereocenters. The Hall–Kier alpha value is -0.0400. The van der Waals surface area contributed by atoms with Crippen LogP contribution < -0.4 is 5.32 Å².